The summed E-state index contributed by atoms with van der Waals surface area (Å²) in [7, 11) is 0. The molecule has 3 aromatic carbocycles. The summed E-state index contributed by atoms with van der Waals surface area (Å²) in [6.07, 6.45) is -1.08. The van der Waals surface area contributed by atoms with Crippen molar-refractivity contribution in [3.8, 4) is 11.8 Å². The number of aromatic amines is 1. The number of H-pyrrole nitrogens is 1. The molecule has 2 saturated heterocycles. The molecule has 4 aromatic rings. The lowest BCUT2D eigenvalue weighted by Crippen LogP contribution is -2.44. The Labute approximate surface area is 254 Å². The number of alkyl halides is 3. The molecule has 10 heteroatoms. The molecule has 0 atom stereocenters. The number of rotatable bonds is 7. The van der Waals surface area contributed by atoms with Gasteiger partial charge in [-0.3, -0.25) is 9.69 Å². The fourth-order valence-electron chi connectivity index (χ4n) is 6.03. The Morgan fingerprint density at radius 1 is 0.932 bits per heavy atom. The van der Waals surface area contributed by atoms with Crippen molar-refractivity contribution in [2.45, 2.75) is 50.6 Å². The van der Waals surface area contributed by atoms with Gasteiger partial charge in [-0.15, -0.1) is 0 Å². The van der Waals surface area contributed by atoms with Gasteiger partial charge < -0.3 is 19.9 Å². The zero-order valence-electron chi connectivity index (χ0n) is 24.2. The van der Waals surface area contributed by atoms with Gasteiger partial charge in [0.15, 0.2) is 0 Å². The number of halogens is 3. The second-order valence-electron chi connectivity index (χ2n) is 11.6. The number of amides is 1. The second-order valence-corrected chi connectivity index (χ2v) is 11.6. The molecule has 0 radical (unpaired) electrons. The monoisotopic (exact) mass is 601 g/mol. The zero-order valence-corrected chi connectivity index (χ0v) is 24.2. The number of benzene rings is 3. The van der Waals surface area contributed by atoms with Crippen LogP contribution in [0.4, 0.5) is 18.9 Å². The minimum absolute atomic E-state index is 0.00124. The number of nitrogens with zero attached hydrogens (tertiary/aromatic N) is 3. The summed E-state index contributed by atoms with van der Waals surface area (Å²) in [5.41, 5.74) is 3.32. The highest BCUT2D eigenvalue weighted by molar-refractivity contribution is 5.98. The van der Waals surface area contributed by atoms with E-state index in [4.69, 9.17) is 10.00 Å². The van der Waals surface area contributed by atoms with E-state index >= 15 is 0 Å². The maximum Gasteiger partial charge on any atom is 0.416 e. The van der Waals surface area contributed by atoms with Crippen molar-refractivity contribution >= 4 is 22.5 Å². The number of carbonyl (C=O) groups is 1. The van der Waals surface area contributed by atoms with Gasteiger partial charge in [-0.25, -0.2) is 0 Å². The third kappa shape index (κ3) is 7.00. The Morgan fingerprint density at radius 3 is 2.30 bits per heavy atom. The molecule has 2 N–H and O–H groups in total. The van der Waals surface area contributed by atoms with E-state index in [0.717, 1.165) is 74.0 Å². The Hall–Kier alpha value is -4.49. The van der Waals surface area contributed by atoms with Crippen LogP contribution in [0.2, 0.25) is 0 Å². The van der Waals surface area contributed by atoms with E-state index < -0.39 is 11.7 Å². The fourth-order valence-corrected chi connectivity index (χ4v) is 6.03. The first-order valence-corrected chi connectivity index (χ1v) is 15.0. The Balaban J connectivity index is 0.979. The maximum absolute atomic E-state index is 13.1. The van der Waals surface area contributed by atoms with Crippen molar-refractivity contribution in [2.24, 2.45) is 0 Å². The van der Waals surface area contributed by atoms with E-state index in [0.29, 0.717) is 30.1 Å². The minimum Gasteiger partial charge on any atom is -0.490 e. The normalized spacial score (nSPS) is 17.0. The lowest BCUT2D eigenvalue weighted by Gasteiger charge is -2.33. The summed E-state index contributed by atoms with van der Waals surface area (Å²) in [4.78, 5) is 20.8. The van der Waals surface area contributed by atoms with Gasteiger partial charge in [0.2, 0.25) is 0 Å². The lowest BCUT2D eigenvalue weighted by atomic mass is 10.0. The molecule has 0 unspecified atom stereocenters. The first kappa shape index (κ1) is 29.6. The van der Waals surface area contributed by atoms with Crippen molar-refractivity contribution in [3.63, 3.8) is 0 Å². The van der Waals surface area contributed by atoms with Gasteiger partial charge in [0.05, 0.1) is 17.2 Å². The quantitative estimate of drug-likeness (QED) is 0.253. The van der Waals surface area contributed by atoms with Crippen LogP contribution >= 0.6 is 0 Å². The molecule has 6 rings (SSSR count). The van der Waals surface area contributed by atoms with Crippen LogP contribution in [-0.4, -0.2) is 54.1 Å². The number of nitriles is 1. The maximum atomic E-state index is 13.1. The van der Waals surface area contributed by atoms with Crippen LogP contribution in [0.5, 0.6) is 5.75 Å². The van der Waals surface area contributed by atoms with Gasteiger partial charge in [0.25, 0.3) is 5.91 Å². The standard InChI is InChI=1S/C34H34F3N5O2/c35-34(36,37)26-6-8-28(9-7-26)42-17-13-29(14-18-42)44-30-10-5-25-19-32(40-31(25)20-30)33(43)39-27-11-15-41(16-12-27)22-24-3-1-23(21-38)2-4-24/h1-10,19-20,27,29,40H,11-18,22H2,(H,39,43). The van der Waals surface area contributed by atoms with Gasteiger partial charge in [0, 0.05) is 74.3 Å². The Morgan fingerprint density at radius 2 is 1.64 bits per heavy atom. The van der Waals surface area contributed by atoms with Crippen LogP contribution in [0, 0.1) is 11.3 Å². The van der Waals surface area contributed by atoms with Crippen molar-refractivity contribution in [1.82, 2.24) is 15.2 Å². The summed E-state index contributed by atoms with van der Waals surface area (Å²) in [5, 5.41) is 13.1. The van der Waals surface area contributed by atoms with E-state index in [2.05, 4.69) is 26.2 Å². The predicted molar refractivity (Wildman–Crippen MR) is 163 cm³/mol. The minimum atomic E-state index is -4.34. The second kappa shape index (κ2) is 12.6. The summed E-state index contributed by atoms with van der Waals surface area (Å²) in [6.45, 7) is 4.00. The topological polar surface area (TPSA) is 84.4 Å². The van der Waals surface area contributed by atoms with Gasteiger partial charge in [-0.2, -0.15) is 18.4 Å². The smallest absolute Gasteiger partial charge is 0.416 e. The highest BCUT2D eigenvalue weighted by Crippen LogP contribution is 2.32. The average molecular weight is 602 g/mol. The van der Waals surface area contributed by atoms with Crippen molar-refractivity contribution in [2.75, 3.05) is 31.1 Å². The molecule has 2 aliphatic rings. The number of hydrogen-bond acceptors (Lipinski definition) is 5. The van der Waals surface area contributed by atoms with Crippen LogP contribution in [0.25, 0.3) is 10.9 Å². The fraction of sp³-hybridized carbons (Fsp3) is 0.353. The molecule has 3 heterocycles. The van der Waals surface area contributed by atoms with Gasteiger partial charge in [-0.05, 0) is 73.0 Å². The Kier molecular flexibility index (Phi) is 8.49. The van der Waals surface area contributed by atoms with Crippen LogP contribution in [0.1, 0.15) is 52.9 Å². The predicted octanol–water partition coefficient (Wildman–Crippen LogP) is 6.50. The molecular formula is C34H34F3N5O2. The summed E-state index contributed by atoms with van der Waals surface area (Å²) in [6, 6.07) is 22.9. The first-order valence-electron chi connectivity index (χ1n) is 15.0. The zero-order chi connectivity index (χ0) is 30.7. The van der Waals surface area contributed by atoms with Crippen molar-refractivity contribution in [3.05, 3.63) is 95.2 Å². The molecule has 44 heavy (non-hydrogen) atoms. The summed E-state index contributed by atoms with van der Waals surface area (Å²) < 4.78 is 44.9. The van der Waals surface area contributed by atoms with E-state index in [1.54, 1.807) is 0 Å². The van der Waals surface area contributed by atoms with Gasteiger partial charge in [0.1, 0.15) is 17.5 Å². The highest BCUT2D eigenvalue weighted by Gasteiger charge is 2.30. The van der Waals surface area contributed by atoms with Crippen LogP contribution in [0.15, 0.2) is 72.8 Å². The van der Waals surface area contributed by atoms with E-state index in [1.165, 1.54) is 17.7 Å². The molecule has 2 aliphatic heterocycles. The van der Waals surface area contributed by atoms with Gasteiger partial charge >= 0.3 is 6.18 Å². The molecular weight excluding hydrogens is 567 g/mol. The average Bonchev–Trinajstić information content (AvgIpc) is 3.46. The SMILES string of the molecule is N#Cc1ccc(CN2CCC(NC(=O)c3cc4ccc(OC5CCN(c6ccc(C(F)(F)F)cc6)CC5)cc4[nH]3)CC2)cc1. The van der Waals surface area contributed by atoms with Crippen LogP contribution in [0.3, 0.4) is 0 Å². The number of piperidine rings is 2. The van der Waals surface area contributed by atoms with Crippen LogP contribution < -0.4 is 15.0 Å². The number of anilines is 1. The Bertz CT molecular complexity index is 1630. The number of aromatic nitrogens is 1. The third-order valence-corrected chi connectivity index (χ3v) is 8.56. The molecule has 0 bridgehead atoms. The highest BCUT2D eigenvalue weighted by atomic mass is 19.4. The summed E-state index contributed by atoms with van der Waals surface area (Å²) >= 11 is 0. The molecule has 0 aliphatic carbocycles. The third-order valence-electron chi connectivity index (χ3n) is 8.56. The molecule has 1 amide bonds. The molecule has 0 spiro atoms. The molecule has 2 fully saturated rings. The van der Waals surface area contributed by atoms with Gasteiger partial charge in [-0.1, -0.05) is 12.1 Å². The number of nitrogens with one attached hydrogen (secondary N) is 2. The number of carbonyl (C=O) groups excluding carboxylic acids is 1. The van der Waals surface area contributed by atoms with Crippen molar-refractivity contribution < 1.29 is 22.7 Å². The number of hydrogen-bond donors (Lipinski definition) is 2. The molecule has 1 aromatic heterocycles. The number of likely N-dealkylation sites (tertiary alicyclic amines) is 1. The van der Waals surface area contributed by atoms with Crippen molar-refractivity contribution in [1.29, 1.82) is 5.26 Å². The number of fused-ring (bicyclic) bond motifs is 1. The van der Waals surface area contributed by atoms with E-state index in [-0.39, 0.29) is 18.1 Å². The molecule has 0 saturated carbocycles. The van der Waals surface area contributed by atoms with E-state index in [9.17, 15) is 18.0 Å². The largest absolute Gasteiger partial charge is 0.490 e. The van der Waals surface area contributed by atoms with Crippen LogP contribution in [-0.2, 0) is 12.7 Å². The lowest BCUT2D eigenvalue weighted by molar-refractivity contribution is -0.137. The molecule has 7 nitrogen and oxygen atoms in total. The summed E-state index contributed by atoms with van der Waals surface area (Å²) in [5.74, 6) is 0.596. The van der Waals surface area contributed by atoms with E-state index in [1.807, 2.05) is 48.5 Å². The first-order chi connectivity index (χ1) is 21.2. The molecule has 228 valence electrons. The number of ether oxygens (including phenoxy) is 1.